The third-order valence-electron chi connectivity index (χ3n) is 3.16. The number of benzene rings is 1. The summed E-state index contributed by atoms with van der Waals surface area (Å²) in [6, 6.07) is 8.58. The third-order valence-corrected chi connectivity index (χ3v) is 5.14. The van der Waals surface area contributed by atoms with E-state index >= 15 is 0 Å². The van der Waals surface area contributed by atoms with Crippen LogP contribution in [0.5, 0.6) is 0 Å². The van der Waals surface area contributed by atoms with Crippen LogP contribution in [0.2, 0.25) is 15.2 Å². The molecule has 8 heteroatoms. The second-order valence-corrected chi connectivity index (χ2v) is 7.13. The van der Waals surface area contributed by atoms with Crippen molar-refractivity contribution in [2.45, 2.75) is 6.42 Å². The van der Waals surface area contributed by atoms with Crippen LogP contribution in [0.1, 0.15) is 20.8 Å². The lowest BCUT2D eigenvalue weighted by Gasteiger charge is -2.03. The number of thiazole rings is 1. The zero-order valence-corrected chi connectivity index (χ0v) is 15.2. The van der Waals surface area contributed by atoms with Gasteiger partial charge in [-0.05, 0) is 23.8 Å². The first-order valence-electron chi connectivity index (χ1n) is 6.83. The summed E-state index contributed by atoms with van der Waals surface area (Å²) in [5.74, 6) is -0.291. The average molecular weight is 399 g/mol. The minimum Gasteiger partial charge on any atom is -0.298 e. The molecule has 0 saturated heterocycles. The van der Waals surface area contributed by atoms with E-state index in [0.717, 1.165) is 10.4 Å². The van der Waals surface area contributed by atoms with Crippen molar-refractivity contribution in [1.82, 2.24) is 9.97 Å². The quantitative estimate of drug-likeness (QED) is 0.603. The van der Waals surface area contributed by atoms with Crippen molar-refractivity contribution in [2.75, 3.05) is 5.32 Å². The molecule has 2 heterocycles. The van der Waals surface area contributed by atoms with Crippen LogP contribution in [0.25, 0.3) is 0 Å². The molecule has 0 spiro atoms. The smallest absolute Gasteiger partial charge is 0.257 e. The Morgan fingerprint density at radius 2 is 2.00 bits per heavy atom. The van der Waals surface area contributed by atoms with E-state index < -0.39 is 0 Å². The highest BCUT2D eigenvalue weighted by Gasteiger charge is 2.11. The van der Waals surface area contributed by atoms with Gasteiger partial charge in [-0.2, -0.15) is 0 Å². The lowest BCUT2D eigenvalue weighted by molar-refractivity contribution is 0.102. The number of amides is 1. The summed E-state index contributed by atoms with van der Waals surface area (Å²) < 4.78 is 0. The van der Waals surface area contributed by atoms with Gasteiger partial charge in [-0.1, -0.05) is 46.9 Å². The van der Waals surface area contributed by atoms with Gasteiger partial charge in [-0.3, -0.25) is 10.1 Å². The van der Waals surface area contributed by atoms with Crippen LogP contribution in [-0.2, 0) is 6.42 Å². The van der Waals surface area contributed by atoms with Gasteiger partial charge in [0.1, 0.15) is 5.15 Å². The van der Waals surface area contributed by atoms with Gasteiger partial charge in [-0.25, -0.2) is 9.97 Å². The minimum absolute atomic E-state index is 0.262. The predicted octanol–water partition coefficient (Wildman–Crippen LogP) is 5.34. The first-order valence-corrected chi connectivity index (χ1v) is 8.78. The highest BCUT2D eigenvalue weighted by molar-refractivity contribution is 7.15. The first kappa shape index (κ1) is 17.2. The molecule has 0 aliphatic heterocycles. The molecule has 122 valence electrons. The zero-order valence-electron chi connectivity index (χ0n) is 12.1. The van der Waals surface area contributed by atoms with Crippen LogP contribution < -0.4 is 5.32 Å². The molecular formula is C16H10Cl3N3OS. The Hall–Kier alpha value is -1.66. The maximum atomic E-state index is 12.2. The molecule has 1 aromatic carbocycles. The van der Waals surface area contributed by atoms with Crippen LogP contribution in [0.4, 0.5) is 5.13 Å². The predicted molar refractivity (Wildman–Crippen MR) is 98.6 cm³/mol. The molecule has 4 nitrogen and oxygen atoms in total. The molecule has 0 saturated carbocycles. The summed E-state index contributed by atoms with van der Waals surface area (Å²) in [5.41, 5.74) is 1.33. The second-order valence-electron chi connectivity index (χ2n) is 4.84. The molecule has 0 aliphatic rings. The van der Waals surface area contributed by atoms with E-state index in [2.05, 4.69) is 15.3 Å². The number of rotatable bonds is 4. The normalized spacial score (nSPS) is 10.6. The van der Waals surface area contributed by atoms with Gasteiger partial charge in [0.15, 0.2) is 5.13 Å². The Labute approximate surface area is 157 Å². The highest BCUT2D eigenvalue weighted by atomic mass is 35.5. The number of pyridine rings is 1. The van der Waals surface area contributed by atoms with Gasteiger partial charge < -0.3 is 0 Å². The average Bonchev–Trinajstić information content (AvgIpc) is 2.99. The Morgan fingerprint density at radius 1 is 1.17 bits per heavy atom. The van der Waals surface area contributed by atoms with Crippen molar-refractivity contribution in [2.24, 2.45) is 0 Å². The highest BCUT2D eigenvalue weighted by Crippen LogP contribution is 2.29. The standard InChI is InChI=1S/C16H10Cl3N3OS/c17-12-3-1-2-9(14(12)19)6-11-8-21-16(24-11)22-15(23)10-4-5-20-13(18)7-10/h1-5,7-8H,6H2,(H,21,22,23). The van der Waals surface area contributed by atoms with E-state index in [0.29, 0.717) is 27.2 Å². The molecule has 0 aliphatic carbocycles. The van der Waals surface area contributed by atoms with Gasteiger partial charge in [0.05, 0.1) is 10.0 Å². The number of aromatic nitrogens is 2. The topological polar surface area (TPSA) is 54.9 Å². The summed E-state index contributed by atoms with van der Waals surface area (Å²) >= 11 is 19.4. The van der Waals surface area contributed by atoms with E-state index in [9.17, 15) is 4.79 Å². The van der Waals surface area contributed by atoms with Crippen LogP contribution in [-0.4, -0.2) is 15.9 Å². The minimum atomic E-state index is -0.291. The first-order chi connectivity index (χ1) is 11.5. The number of nitrogens with one attached hydrogen (secondary N) is 1. The molecule has 1 amide bonds. The largest absolute Gasteiger partial charge is 0.298 e. The van der Waals surface area contributed by atoms with Crippen LogP contribution in [0, 0.1) is 0 Å². The second kappa shape index (κ2) is 7.49. The summed E-state index contributed by atoms with van der Waals surface area (Å²) in [5, 5.41) is 4.55. The van der Waals surface area contributed by atoms with Gasteiger partial charge in [0.25, 0.3) is 5.91 Å². The maximum Gasteiger partial charge on any atom is 0.257 e. The summed E-state index contributed by atoms with van der Waals surface area (Å²) in [6.45, 7) is 0. The Morgan fingerprint density at radius 3 is 2.79 bits per heavy atom. The molecule has 2 aromatic heterocycles. The molecular weight excluding hydrogens is 389 g/mol. The number of hydrogen-bond acceptors (Lipinski definition) is 4. The fraction of sp³-hybridized carbons (Fsp3) is 0.0625. The Balaban J connectivity index is 1.72. The number of carbonyl (C=O) groups is 1. The van der Waals surface area contributed by atoms with Crippen molar-refractivity contribution >= 4 is 57.2 Å². The van der Waals surface area contributed by atoms with Crippen LogP contribution in [0.3, 0.4) is 0 Å². The van der Waals surface area contributed by atoms with E-state index in [1.165, 1.54) is 23.6 Å². The van der Waals surface area contributed by atoms with E-state index in [1.807, 2.05) is 12.1 Å². The molecule has 1 N–H and O–H groups in total. The number of nitrogens with zero attached hydrogens (tertiary/aromatic N) is 2. The van der Waals surface area contributed by atoms with Crippen molar-refractivity contribution in [3.8, 4) is 0 Å². The molecule has 0 unspecified atom stereocenters. The molecule has 0 radical (unpaired) electrons. The van der Waals surface area contributed by atoms with Crippen molar-refractivity contribution in [3.63, 3.8) is 0 Å². The molecule has 3 rings (SSSR count). The van der Waals surface area contributed by atoms with Crippen molar-refractivity contribution in [1.29, 1.82) is 0 Å². The molecule has 0 fully saturated rings. The molecule has 24 heavy (non-hydrogen) atoms. The summed E-state index contributed by atoms with van der Waals surface area (Å²) in [6.07, 6.45) is 3.77. The molecule has 0 atom stereocenters. The van der Waals surface area contributed by atoms with Gasteiger partial charge in [0.2, 0.25) is 0 Å². The number of halogens is 3. The Bertz CT molecular complexity index is 898. The van der Waals surface area contributed by atoms with Crippen molar-refractivity contribution < 1.29 is 4.79 Å². The van der Waals surface area contributed by atoms with Crippen LogP contribution in [0.15, 0.2) is 42.7 Å². The fourth-order valence-electron chi connectivity index (χ4n) is 2.03. The fourth-order valence-corrected chi connectivity index (χ4v) is 3.42. The van der Waals surface area contributed by atoms with E-state index in [4.69, 9.17) is 34.8 Å². The SMILES string of the molecule is O=C(Nc1ncc(Cc2cccc(Cl)c2Cl)s1)c1ccnc(Cl)c1. The lowest BCUT2D eigenvalue weighted by Crippen LogP contribution is -2.11. The van der Waals surface area contributed by atoms with Crippen LogP contribution >= 0.6 is 46.1 Å². The van der Waals surface area contributed by atoms with Gasteiger partial charge in [0, 0.05) is 29.3 Å². The Kier molecular flexibility index (Phi) is 5.36. The molecule has 0 bridgehead atoms. The molecule has 3 aromatic rings. The zero-order chi connectivity index (χ0) is 17.1. The lowest BCUT2D eigenvalue weighted by atomic mass is 10.1. The summed E-state index contributed by atoms with van der Waals surface area (Å²) in [4.78, 5) is 21.2. The third kappa shape index (κ3) is 4.05. The van der Waals surface area contributed by atoms with Crippen molar-refractivity contribution in [3.05, 3.63) is 73.9 Å². The van der Waals surface area contributed by atoms with Gasteiger partial charge in [-0.15, -0.1) is 11.3 Å². The summed E-state index contributed by atoms with van der Waals surface area (Å²) in [7, 11) is 0. The van der Waals surface area contributed by atoms with E-state index in [1.54, 1.807) is 18.3 Å². The number of carbonyl (C=O) groups excluding carboxylic acids is 1. The monoisotopic (exact) mass is 397 g/mol. The van der Waals surface area contributed by atoms with Gasteiger partial charge >= 0.3 is 0 Å². The van der Waals surface area contributed by atoms with E-state index in [-0.39, 0.29) is 11.1 Å². The number of hydrogen-bond donors (Lipinski definition) is 1. The number of anilines is 1. The maximum absolute atomic E-state index is 12.2.